The van der Waals surface area contributed by atoms with Gasteiger partial charge in [0.15, 0.2) is 0 Å². The van der Waals surface area contributed by atoms with Crippen LogP contribution in [0.1, 0.15) is 19.8 Å². The molecule has 2 amide bonds. The lowest BCUT2D eigenvalue weighted by atomic mass is 10.0. The Labute approximate surface area is 77.3 Å². The lowest BCUT2D eigenvalue weighted by Crippen LogP contribution is -2.33. The van der Waals surface area contributed by atoms with E-state index in [1.54, 1.807) is 6.92 Å². The van der Waals surface area contributed by atoms with E-state index in [1.165, 1.54) is 0 Å². The van der Waals surface area contributed by atoms with Crippen LogP contribution in [0.5, 0.6) is 0 Å². The van der Waals surface area contributed by atoms with Crippen molar-refractivity contribution in [1.29, 1.82) is 0 Å². The van der Waals surface area contributed by atoms with Gasteiger partial charge in [-0.25, -0.2) is 0 Å². The zero-order valence-corrected chi connectivity index (χ0v) is 7.67. The number of aliphatic hydroxyl groups is 1. The van der Waals surface area contributed by atoms with Gasteiger partial charge in [0.05, 0.1) is 12.5 Å². The number of hydrogen-bond donors (Lipinski definition) is 3. The molecule has 0 heterocycles. The Hall–Kier alpha value is -1.10. The second kappa shape index (κ2) is 6.42. The van der Waals surface area contributed by atoms with Gasteiger partial charge in [-0.15, -0.1) is 0 Å². The summed E-state index contributed by atoms with van der Waals surface area (Å²) in [6.07, 6.45) is 0.466. The summed E-state index contributed by atoms with van der Waals surface area (Å²) in [6, 6.07) is 0. The number of aliphatic hydroxyl groups excluding tert-OH is 1. The van der Waals surface area contributed by atoms with Gasteiger partial charge < -0.3 is 16.2 Å². The molecule has 5 heteroatoms. The van der Waals surface area contributed by atoms with Crippen molar-refractivity contribution in [2.24, 2.45) is 5.73 Å². The van der Waals surface area contributed by atoms with E-state index in [-0.39, 0.29) is 25.5 Å². The molecular weight excluding hydrogens is 172 g/mol. The summed E-state index contributed by atoms with van der Waals surface area (Å²) in [6.45, 7) is 1.86. The molecule has 0 aromatic heterocycles. The van der Waals surface area contributed by atoms with Gasteiger partial charge in [0.1, 0.15) is 0 Å². The van der Waals surface area contributed by atoms with Gasteiger partial charge in [-0.05, 0) is 6.42 Å². The van der Waals surface area contributed by atoms with Crippen molar-refractivity contribution < 1.29 is 14.7 Å². The fraction of sp³-hybridized carbons (Fsp3) is 0.625. The van der Waals surface area contributed by atoms with Crippen molar-refractivity contribution in [3.05, 3.63) is 5.92 Å². The van der Waals surface area contributed by atoms with Crippen LogP contribution in [0.4, 0.5) is 0 Å². The minimum Gasteiger partial charge on any atom is -0.395 e. The van der Waals surface area contributed by atoms with Crippen LogP contribution in [-0.4, -0.2) is 30.1 Å². The molecule has 0 rings (SSSR count). The Kier molecular flexibility index (Phi) is 5.88. The van der Waals surface area contributed by atoms with E-state index in [9.17, 15) is 9.59 Å². The molecule has 5 nitrogen and oxygen atoms in total. The molecule has 0 spiro atoms. The van der Waals surface area contributed by atoms with Crippen molar-refractivity contribution in [1.82, 2.24) is 5.32 Å². The van der Waals surface area contributed by atoms with Crippen molar-refractivity contribution in [2.75, 3.05) is 13.2 Å². The van der Waals surface area contributed by atoms with Crippen molar-refractivity contribution in [2.45, 2.75) is 19.8 Å². The van der Waals surface area contributed by atoms with Crippen LogP contribution >= 0.6 is 0 Å². The molecule has 1 radical (unpaired) electrons. The molecule has 0 fully saturated rings. The summed E-state index contributed by atoms with van der Waals surface area (Å²) in [4.78, 5) is 21.7. The lowest BCUT2D eigenvalue weighted by molar-refractivity contribution is -0.123. The largest absolute Gasteiger partial charge is 0.395 e. The highest BCUT2D eigenvalue weighted by atomic mass is 16.3. The van der Waals surface area contributed by atoms with E-state index < -0.39 is 5.91 Å². The quantitative estimate of drug-likeness (QED) is 0.495. The van der Waals surface area contributed by atoms with Gasteiger partial charge in [-0.2, -0.15) is 0 Å². The monoisotopic (exact) mass is 187 g/mol. The number of amides is 2. The van der Waals surface area contributed by atoms with Gasteiger partial charge in [0, 0.05) is 13.0 Å². The molecule has 4 N–H and O–H groups in total. The van der Waals surface area contributed by atoms with Gasteiger partial charge in [-0.3, -0.25) is 9.59 Å². The third kappa shape index (κ3) is 5.19. The first-order chi connectivity index (χ1) is 6.11. The van der Waals surface area contributed by atoms with E-state index in [2.05, 4.69) is 5.32 Å². The molecule has 0 aliphatic carbocycles. The third-order valence-corrected chi connectivity index (χ3v) is 1.53. The fourth-order valence-electron chi connectivity index (χ4n) is 0.871. The maximum absolute atomic E-state index is 11.2. The Morgan fingerprint density at radius 3 is 2.46 bits per heavy atom. The highest BCUT2D eigenvalue weighted by Crippen LogP contribution is 2.09. The number of nitrogens with two attached hydrogens (primary N) is 1. The number of carbonyl (C=O) groups excluding carboxylic acids is 2. The van der Waals surface area contributed by atoms with E-state index in [4.69, 9.17) is 10.8 Å². The summed E-state index contributed by atoms with van der Waals surface area (Å²) in [7, 11) is 0. The number of hydrogen-bond acceptors (Lipinski definition) is 3. The van der Waals surface area contributed by atoms with Crippen LogP contribution in [0, 0.1) is 5.92 Å². The Morgan fingerprint density at radius 1 is 1.46 bits per heavy atom. The Morgan fingerprint density at radius 2 is 2.08 bits per heavy atom. The van der Waals surface area contributed by atoms with Crippen molar-refractivity contribution in [3.63, 3.8) is 0 Å². The summed E-state index contributed by atoms with van der Waals surface area (Å²) in [5.41, 5.74) is 4.95. The van der Waals surface area contributed by atoms with Gasteiger partial charge in [0.25, 0.3) is 0 Å². The average molecular weight is 187 g/mol. The molecule has 0 bridgehead atoms. The summed E-state index contributed by atoms with van der Waals surface area (Å²) < 4.78 is 0. The molecule has 0 aromatic rings. The summed E-state index contributed by atoms with van der Waals surface area (Å²) in [5, 5.41) is 10.9. The summed E-state index contributed by atoms with van der Waals surface area (Å²) in [5.74, 6) is -0.382. The summed E-state index contributed by atoms with van der Waals surface area (Å²) >= 11 is 0. The molecule has 0 saturated heterocycles. The first kappa shape index (κ1) is 11.9. The van der Waals surface area contributed by atoms with Crippen LogP contribution in [0.2, 0.25) is 0 Å². The van der Waals surface area contributed by atoms with E-state index in [1.807, 2.05) is 0 Å². The SMILES string of the molecule is CC[C](CC(N)=O)C(=O)NCCO. The molecule has 0 aliphatic rings. The molecule has 0 aliphatic heterocycles. The second-order valence-corrected chi connectivity index (χ2v) is 2.58. The molecule has 0 saturated carbocycles. The zero-order valence-electron chi connectivity index (χ0n) is 7.67. The maximum Gasteiger partial charge on any atom is 0.227 e. The number of rotatable bonds is 6. The number of primary amides is 1. The van der Waals surface area contributed by atoms with Crippen LogP contribution in [0.25, 0.3) is 0 Å². The van der Waals surface area contributed by atoms with Crippen molar-refractivity contribution in [3.8, 4) is 0 Å². The van der Waals surface area contributed by atoms with Crippen LogP contribution < -0.4 is 11.1 Å². The Bertz CT molecular complexity index is 182. The van der Waals surface area contributed by atoms with E-state index in [0.717, 1.165) is 0 Å². The molecule has 75 valence electrons. The molecule has 0 aromatic carbocycles. The van der Waals surface area contributed by atoms with E-state index >= 15 is 0 Å². The van der Waals surface area contributed by atoms with Crippen molar-refractivity contribution >= 4 is 11.8 Å². The lowest BCUT2D eigenvalue weighted by Gasteiger charge is -2.11. The maximum atomic E-state index is 11.2. The highest BCUT2D eigenvalue weighted by Gasteiger charge is 2.18. The Balaban J connectivity index is 3.92. The fourth-order valence-corrected chi connectivity index (χ4v) is 0.871. The molecular formula is C8H15N2O3. The zero-order chi connectivity index (χ0) is 10.3. The van der Waals surface area contributed by atoms with Crippen LogP contribution in [0.3, 0.4) is 0 Å². The topological polar surface area (TPSA) is 92.4 Å². The first-order valence-electron chi connectivity index (χ1n) is 4.13. The average Bonchev–Trinajstić information content (AvgIpc) is 2.09. The molecule has 0 unspecified atom stereocenters. The predicted octanol–water partition coefficient (Wildman–Crippen LogP) is -1.05. The number of nitrogens with one attached hydrogen (secondary N) is 1. The highest BCUT2D eigenvalue weighted by molar-refractivity contribution is 5.94. The van der Waals surface area contributed by atoms with Crippen LogP contribution in [0.15, 0.2) is 0 Å². The number of carbonyl (C=O) groups is 2. The van der Waals surface area contributed by atoms with E-state index in [0.29, 0.717) is 12.3 Å². The normalized spacial score (nSPS) is 10.1. The van der Waals surface area contributed by atoms with Gasteiger partial charge in [0.2, 0.25) is 11.8 Å². The van der Waals surface area contributed by atoms with Crippen LogP contribution in [-0.2, 0) is 9.59 Å². The minimum atomic E-state index is -0.518. The standard InChI is InChI=1S/C8H15N2O3/c1-2-6(5-7(9)12)8(13)10-3-4-11/h11H,2-5H2,1H3,(H2,9,12)(H,10,13). The molecule has 13 heavy (non-hydrogen) atoms. The van der Waals surface area contributed by atoms with Gasteiger partial charge in [-0.1, -0.05) is 6.92 Å². The first-order valence-corrected chi connectivity index (χ1v) is 4.13. The van der Waals surface area contributed by atoms with Gasteiger partial charge >= 0.3 is 0 Å². The predicted molar refractivity (Wildman–Crippen MR) is 47.4 cm³/mol. The third-order valence-electron chi connectivity index (χ3n) is 1.53. The molecule has 0 atom stereocenters. The minimum absolute atomic E-state index is 0.0201. The smallest absolute Gasteiger partial charge is 0.227 e. The second-order valence-electron chi connectivity index (χ2n) is 2.58.